The van der Waals surface area contributed by atoms with Crippen molar-refractivity contribution in [3.05, 3.63) is 0 Å². The molecule has 2 atom stereocenters. The molecule has 0 radical (unpaired) electrons. The molecule has 4 rings (SSSR count). The quantitative estimate of drug-likeness (QED) is 0.558. The largest absolute Gasteiger partial charge is 0.296 e. The van der Waals surface area contributed by atoms with E-state index < -0.39 is 0 Å². The van der Waals surface area contributed by atoms with Gasteiger partial charge in [-0.3, -0.25) is 9.80 Å². The van der Waals surface area contributed by atoms with Gasteiger partial charge in [0, 0.05) is 24.2 Å². The van der Waals surface area contributed by atoms with Gasteiger partial charge < -0.3 is 0 Å². The SMILES string of the molecule is C1CCCC(N2CCCCCC2C2CCCCN2C2CCCCC2)CC1. The van der Waals surface area contributed by atoms with Crippen molar-refractivity contribution in [2.24, 2.45) is 0 Å². The Morgan fingerprint density at radius 3 is 1.23 bits per heavy atom. The third-order valence-electron chi connectivity index (χ3n) is 8.22. The molecule has 0 N–H and O–H groups in total. The number of likely N-dealkylation sites (tertiary alicyclic amines) is 2. The van der Waals surface area contributed by atoms with Crippen molar-refractivity contribution < 1.29 is 0 Å². The van der Waals surface area contributed by atoms with Crippen molar-refractivity contribution in [1.29, 1.82) is 0 Å². The van der Waals surface area contributed by atoms with Gasteiger partial charge in [0.2, 0.25) is 0 Å². The van der Waals surface area contributed by atoms with Crippen LogP contribution in [0.15, 0.2) is 0 Å². The lowest BCUT2D eigenvalue weighted by Crippen LogP contribution is -2.58. The van der Waals surface area contributed by atoms with E-state index in [2.05, 4.69) is 9.80 Å². The highest BCUT2D eigenvalue weighted by molar-refractivity contribution is 4.95. The smallest absolute Gasteiger partial charge is 0.0254 e. The Morgan fingerprint density at radius 1 is 0.346 bits per heavy atom. The van der Waals surface area contributed by atoms with Crippen molar-refractivity contribution in [1.82, 2.24) is 9.80 Å². The van der Waals surface area contributed by atoms with Crippen molar-refractivity contribution >= 4 is 0 Å². The topological polar surface area (TPSA) is 6.48 Å². The fraction of sp³-hybridized carbons (Fsp3) is 1.00. The van der Waals surface area contributed by atoms with Crippen molar-refractivity contribution in [2.75, 3.05) is 13.1 Å². The molecule has 2 heterocycles. The van der Waals surface area contributed by atoms with Crippen LogP contribution in [0.25, 0.3) is 0 Å². The Bertz CT molecular complexity index is 395. The molecule has 26 heavy (non-hydrogen) atoms. The summed E-state index contributed by atoms with van der Waals surface area (Å²) < 4.78 is 0. The molecule has 2 saturated heterocycles. The van der Waals surface area contributed by atoms with Gasteiger partial charge in [-0.05, 0) is 64.5 Å². The lowest BCUT2D eigenvalue weighted by molar-refractivity contribution is -0.00489. The van der Waals surface area contributed by atoms with E-state index in [-0.39, 0.29) is 0 Å². The lowest BCUT2D eigenvalue weighted by Gasteiger charge is -2.50. The Hall–Kier alpha value is -0.0800. The van der Waals surface area contributed by atoms with Crippen LogP contribution >= 0.6 is 0 Å². The number of rotatable bonds is 3. The minimum Gasteiger partial charge on any atom is -0.296 e. The summed E-state index contributed by atoms with van der Waals surface area (Å²) >= 11 is 0. The van der Waals surface area contributed by atoms with E-state index in [1.807, 2.05) is 0 Å². The van der Waals surface area contributed by atoms with Crippen molar-refractivity contribution in [3.63, 3.8) is 0 Å². The summed E-state index contributed by atoms with van der Waals surface area (Å²) in [6, 6.07) is 3.60. The molecule has 2 unspecified atom stereocenters. The van der Waals surface area contributed by atoms with Crippen LogP contribution in [0, 0.1) is 0 Å². The molecule has 2 saturated carbocycles. The molecule has 0 aromatic heterocycles. The van der Waals surface area contributed by atoms with Gasteiger partial charge in [-0.2, -0.15) is 0 Å². The lowest BCUT2D eigenvalue weighted by atomic mass is 9.85. The fourth-order valence-electron chi connectivity index (χ4n) is 6.87. The van der Waals surface area contributed by atoms with Crippen LogP contribution in [0.2, 0.25) is 0 Å². The first kappa shape index (κ1) is 19.2. The molecule has 0 amide bonds. The highest BCUT2D eigenvalue weighted by Crippen LogP contribution is 2.36. The van der Waals surface area contributed by atoms with Gasteiger partial charge in [0.15, 0.2) is 0 Å². The minimum atomic E-state index is 0.878. The molecule has 2 aliphatic heterocycles. The molecular weight excluding hydrogens is 316 g/mol. The number of nitrogens with zero attached hydrogens (tertiary/aromatic N) is 2. The molecule has 0 bridgehead atoms. The average molecular weight is 361 g/mol. The van der Waals surface area contributed by atoms with Crippen LogP contribution in [-0.2, 0) is 0 Å². The van der Waals surface area contributed by atoms with Crippen LogP contribution < -0.4 is 0 Å². The monoisotopic (exact) mass is 360 g/mol. The Labute approximate surface area is 163 Å². The van der Waals surface area contributed by atoms with E-state index in [0.29, 0.717) is 0 Å². The maximum Gasteiger partial charge on any atom is 0.0254 e. The Balaban J connectivity index is 1.51. The van der Waals surface area contributed by atoms with Gasteiger partial charge in [-0.1, -0.05) is 64.2 Å². The third kappa shape index (κ3) is 4.66. The highest BCUT2D eigenvalue weighted by Gasteiger charge is 2.39. The summed E-state index contributed by atoms with van der Waals surface area (Å²) in [5, 5.41) is 0. The molecular formula is C24H44N2. The van der Waals surface area contributed by atoms with Crippen LogP contribution in [0.1, 0.15) is 116 Å². The molecule has 0 spiro atoms. The van der Waals surface area contributed by atoms with Gasteiger partial charge in [-0.25, -0.2) is 0 Å². The van der Waals surface area contributed by atoms with Crippen molar-refractivity contribution in [3.8, 4) is 0 Å². The normalized spacial score (nSPS) is 35.1. The predicted octanol–water partition coefficient (Wildman–Crippen LogP) is 6.14. The van der Waals surface area contributed by atoms with Gasteiger partial charge in [0.05, 0.1) is 0 Å². The number of hydrogen-bond donors (Lipinski definition) is 0. The predicted molar refractivity (Wildman–Crippen MR) is 112 cm³/mol. The Morgan fingerprint density at radius 2 is 0.692 bits per heavy atom. The van der Waals surface area contributed by atoms with E-state index in [0.717, 1.165) is 24.2 Å². The average Bonchev–Trinajstić information content (AvgIpc) is 3.11. The summed E-state index contributed by atoms with van der Waals surface area (Å²) in [5.74, 6) is 0. The summed E-state index contributed by atoms with van der Waals surface area (Å²) in [5.41, 5.74) is 0. The Kier molecular flexibility index (Phi) is 7.34. The zero-order valence-corrected chi connectivity index (χ0v) is 17.3. The van der Waals surface area contributed by atoms with E-state index in [4.69, 9.17) is 0 Å². The number of piperidine rings is 1. The molecule has 2 nitrogen and oxygen atoms in total. The summed E-state index contributed by atoms with van der Waals surface area (Å²) in [6.45, 7) is 2.81. The zero-order valence-electron chi connectivity index (χ0n) is 17.3. The van der Waals surface area contributed by atoms with Gasteiger partial charge in [0.25, 0.3) is 0 Å². The maximum atomic E-state index is 3.09. The number of hydrogen-bond acceptors (Lipinski definition) is 2. The van der Waals surface area contributed by atoms with Crippen molar-refractivity contribution in [2.45, 2.75) is 140 Å². The second kappa shape index (κ2) is 9.92. The summed E-state index contributed by atoms with van der Waals surface area (Å²) in [7, 11) is 0. The summed E-state index contributed by atoms with van der Waals surface area (Å²) in [4.78, 5) is 6.15. The maximum absolute atomic E-state index is 3.09. The van der Waals surface area contributed by atoms with Gasteiger partial charge in [-0.15, -0.1) is 0 Å². The van der Waals surface area contributed by atoms with E-state index >= 15 is 0 Å². The van der Waals surface area contributed by atoms with E-state index in [9.17, 15) is 0 Å². The first-order chi connectivity index (χ1) is 12.9. The van der Waals surface area contributed by atoms with E-state index in [1.54, 1.807) is 0 Å². The molecule has 2 heteroatoms. The molecule has 4 aliphatic rings. The van der Waals surface area contributed by atoms with E-state index in [1.165, 1.54) is 129 Å². The first-order valence-corrected chi connectivity index (χ1v) is 12.4. The summed E-state index contributed by atoms with van der Waals surface area (Å²) in [6.07, 6.45) is 26.8. The van der Waals surface area contributed by atoms with Crippen LogP contribution in [0.3, 0.4) is 0 Å². The zero-order chi connectivity index (χ0) is 17.6. The van der Waals surface area contributed by atoms with Crippen LogP contribution in [0.5, 0.6) is 0 Å². The van der Waals surface area contributed by atoms with Crippen LogP contribution in [-0.4, -0.2) is 47.1 Å². The van der Waals surface area contributed by atoms with Gasteiger partial charge >= 0.3 is 0 Å². The molecule has 0 aromatic rings. The molecule has 4 fully saturated rings. The molecule has 150 valence electrons. The molecule has 0 aromatic carbocycles. The minimum absolute atomic E-state index is 0.878. The first-order valence-electron chi connectivity index (χ1n) is 12.4. The molecule has 2 aliphatic carbocycles. The fourth-order valence-corrected chi connectivity index (χ4v) is 6.87. The van der Waals surface area contributed by atoms with Crippen LogP contribution in [0.4, 0.5) is 0 Å². The standard InChI is InChI=1S/C24H44N2/c1-2-6-14-21(13-5-1)25-19-11-4-9-17-23(25)24-18-10-12-20-26(24)22-15-7-3-8-16-22/h21-24H,1-20H2. The second-order valence-electron chi connectivity index (χ2n) is 9.89. The highest BCUT2D eigenvalue weighted by atomic mass is 15.3. The van der Waals surface area contributed by atoms with Gasteiger partial charge in [0.1, 0.15) is 0 Å². The second-order valence-corrected chi connectivity index (χ2v) is 9.89. The third-order valence-corrected chi connectivity index (χ3v) is 8.22.